The van der Waals surface area contributed by atoms with Gasteiger partial charge in [0.1, 0.15) is 0 Å². The number of rotatable bonds is 16. The molecule has 1 rings (SSSR count). The first-order valence-corrected chi connectivity index (χ1v) is 11.1. The van der Waals surface area contributed by atoms with Crippen molar-refractivity contribution in [1.82, 2.24) is 0 Å². The zero-order valence-corrected chi connectivity index (χ0v) is 20.8. The van der Waals surface area contributed by atoms with Crippen molar-refractivity contribution in [2.75, 3.05) is 13.2 Å². The number of hydrogen-bond donors (Lipinski definition) is 0. The predicted octanol–water partition coefficient (Wildman–Crippen LogP) is 6.72. The van der Waals surface area contributed by atoms with Gasteiger partial charge in [-0.2, -0.15) is 0 Å². The van der Waals surface area contributed by atoms with E-state index in [9.17, 15) is 9.59 Å². The van der Waals surface area contributed by atoms with E-state index in [4.69, 9.17) is 9.47 Å². The van der Waals surface area contributed by atoms with E-state index < -0.39 is 11.9 Å². The van der Waals surface area contributed by atoms with Crippen LogP contribution in [0.1, 0.15) is 112 Å². The molecule has 0 aliphatic carbocycles. The van der Waals surface area contributed by atoms with Gasteiger partial charge in [-0.25, -0.2) is 9.59 Å². The zero-order chi connectivity index (χ0) is 20.5. The summed E-state index contributed by atoms with van der Waals surface area (Å²) in [7, 11) is 0. The minimum absolute atomic E-state index is 0. The third kappa shape index (κ3) is 13.1. The van der Waals surface area contributed by atoms with Crippen molar-refractivity contribution < 1.29 is 45.3 Å². The summed E-state index contributed by atoms with van der Waals surface area (Å²) >= 11 is 0. The summed E-state index contributed by atoms with van der Waals surface area (Å²) in [6, 6.07) is 6.74. The van der Waals surface area contributed by atoms with Crippen molar-refractivity contribution in [2.45, 2.75) is 90.9 Å². The first kappa shape index (κ1) is 28.0. The monoisotopic (exact) mass is 480 g/mol. The van der Waals surface area contributed by atoms with Crippen molar-refractivity contribution >= 4 is 11.9 Å². The van der Waals surface area contributed by atoms with Gasteiger partial charge in [0.15, 0.2) is 0 Å². The van der Waals surface area contributed by atoms with Crippen molar-refractivity contribution in [3.63, 3.8) is 0 Å². The van der Waals surface area contributed by atoms with E-state index in [1.807, 2.05) is 0 Å². The maximum atomic E-state index is 12.4. The molecule has 0 aliphatic heterocycles. The molecular formula is C24H38O4Zr. The van der Waals surface area contributed by atoms with Crippen LogP contribution in [-0.2, 0) is 35.7 Å². The quantitative estimate of drug-likeness (QED) is 0.194. The van der Waals surface area contributed by atoms with Gasteiger partial charge >= 0.3 is 11.9 Å². The Bertz CT molecular complexity index is 511. The summed E-state index contributed by atoms with van der Waals surface area (Å²) in [5.41, 5.74) is 0.586. The second-order valence-corrected chi connectivity index (χ2v) is 7.35. The van der Waals surface area contributed by atoms with Gasteiger partial charge in [0.25, 0.3) is 0 Å². The molecule has 0 amide bonds. The van der Waals surface area contributed by atoms with E-state index in [1.54, 1.807) is 24.3 Å². The second-order valence-electron chi connectivity index (χ2n) is 7.35. The maximum absolute atomic E-state index is 12.4. The Morgan fingerprint density at radius 1 is 0.621 bits per heavy atom. The molecule has 4 nitrogen and oxygen atoms in total. The Kier molecular flexibility index (Phi) is 18.4. The molecule has 0 radical (unpaired) electrons. The first-order chi connectivity index (χ1) is 13.7. The Morgan fingerprint density at radius 3 is 1.34 bits per heavy atom. The number of unbranched alkanes of at least 4 members (excludes halogenated alkanes) is 10. The van der Waals surface area contributed by atoms with Crippen LogP contribution in [0, 0.1) is 0 Å². The van der Waals surface area contributed by atoms with Crippen molar-refractivity contribution in [3.8, 4) is 0 Å². The number of esters is 2. The smallest absolute Gasteiger partial charge is 0.339 e. The standard InChI is InChI=1S/C24H38O4.Zr/c1-3-5-7-9-11-15-19-27-23(25)21-17-13-14-18-22(21)24(26)28-20-16-12-10-8-6-4-2;/h13-14,17-18H,3-12,15-16,19-20H2,1-2H3;. The first-order valence-electron chi connectivity index (χ1n) is 11.1. The van der Waals surface area contributed by atoms with Crippen LogP contribution in [0.4, 0.5) is 0 Å². The largest absolute Gasteiger partial charge is 0.462 e. The molecule has 0 saturated heterocycles. The van der Waals surface area contributed by atoms with Gasteiger partial charge in [-0.15, -0.1) is 0 Å². The number of carbonyl (C=O) groups is 2. The summed E-state index contributed by atoms with van der Waals surface area (Å²) in [5, 5.41) is 0. The molecule has 1 aromatic carbocycles. The minimum atomic E-state index is -0.444. The molecule has 0 bridgehead atoms. The van der Waals surface area contributed by atoms with Gasteiger partial charge in [0.2, 0.25) is 0 Å². The molecule has 0 aliphatic rings. The summed E-state index contributed by atoms with van der Waals surface area (Å²) in [4.78, 5) is 24.7. The van der Waals surface area contributed by atoms with E-state index in [1.165, 1.54) is 51.4 Å². The van der Waals surface area contributed by atoms with E-state index in [2.05, 4.69) is 13.8 Å². The molecule has 162 valence electrons. The van der Waals surface area contributed by atoms with Crippen LogP contribution in [0.15, 0.2) is 24.3 Å². The number of hydrogen-bond acceptors (Lipinski definition) is 4. The maximum Gasteiger partial charge on any atom is 0.339 e. The van der Waals surface area contributed by atoms with Gasteiger partial charge in [0.05, 0.1) is 24.3 Å². The predicted molar refractivity (Wildman–Crippen MR) is 114 cm³/mol. The Balaban J connectivity index is 0.00000784. The molecule has 0 saturated carbocycles. The van der Waals surface area contributed by atoms with Crippen LogP contribution in [0.25, 0.3) is 0 Å². The van der Waals surface area contributed by atoms with Crippen LogP contribution in [0.5, 0.6) is 0 Å². The molecule has 0 atom stereocenters. The van der Waals surface area contributed by atoms with Crippen molar-refractivity contribution in [2.24, 2.45) is 0 Å². The fourth-order valence-corrected chi connectivity index (χ4v) is 3.09. The summed E-state index contributed by atoms with van der Waals surface area (Å²) < 4.78 is 10.7. The third-order valence-corrected chi connectivity index (χ3v) is 4.83. The fourth-order valence-electron chi connectivity index (χ4n) is 3.09. The van der Waals surface area contributed by atoms with E-state index in [0.29, 0.717) is 24.3 Å². The molecule has 0 aromatic heterocycles. The SMILES string of the molecule is CCCCCCCCOC(=O)c1ccccc1C(=O)OCCCCCCCC.[Zr]. The zero-order valence-electron chi connectivity index (χ0n) is 18.3. The summed E-state index contributed by atoms with van der Waals surface area (Å²) in [5.74, 6) is -0.888. The number of carbonyl (C=O) groups excluding carboxylic acids is 2. The molecular weight excluding hydrogens is 443 g/mol. The Hall–Kier alpha value is -0.957. The molecule has 5 heteroatoms. The van der Waals surface area contributed by atoms with Crippen molar-refractivity contribution in [3.05, 3.63) is 35.4 Å². The second kappa shape index (κ2) is 19.0. The number of benzene rings is 1. The average Bonchev–Trinajstić information content (AvgIpc) is 2.72. The Labute approximate surface area is 196 Å². The van der Waals surface area contributed by atoms with E-state index in [-0.39, 0.29) is 26.2 Å². The van der Waals surface area contributed by atoms with Gasteiger partial charge in [-0.3, -0.25) is 0 Å². The van der Waals surface area contributed by atoms with Crippen molar-refractivity contribution in [1.29, 1.82) is 0 Å². The van der Waals surface area contributed by atoms with Gasteiger partial charge in [-0.05, 0) is 25.0 Å². The van der Waals surface area contributed by atoms with Gasteiger partial charge in [0, 0.05) is 26.2 Å². The molecule has 29 heavy (non-hydrogen) atoms. The van der Waals surface area contributed by atoms with Gasteiger partial charge < -0.3 is 9.47 Å². The van der Waals surface area contributed by atoms with Crippen LogP contribution < -0.4 is 0 Å². The molecule has 0 heterocycles. The number of ether oxygens (including phenoxy) is 2. The van der Waals surface area contributed by atoms with Crippen LogP contribution in [0.2, 0.25) is 0 Å². The molecule has 0 spiro atoms. The van der Waals surface area contributed by atoms with E-state index in [0.717, 1.165) is 25.7 Å². The average molecular weight is 482 g/mol. The Morgan fingerprint density at radius 2 is 0.966 bits per heavy atom. The molecule has 0 N–H and O–H groups in total. The van der Waals surface area contributed by atoms with Gasteiger partial charge in [-0.1, -0.05) is 90.2 Å². The van der Waals surface area contributed by atoms with Crippen LogP contribution in [0.3, 0.4) is 0 Å². The van der Waals surface area contributed by atoms with Crippen LogP contribution >= 0.6 is 0 Å². The summed E-state index contributed by atoms with van der Waals surface area (Å²) in [6.45, 7) is 5.17. The van der Waals surface area contributed by atoms with Crippen LogP contribution in [-0.4, -0.2) is 25.2 Å². The molecule has 1 aromatic rings. The third-order valence-electron chi connectivity index (χ3n) is 4.83. The molecule has 0 unspecified atom stereocenters. The normalized spacial score (nSPS) is 10.3. The topological polar surface area (TPSA) is 52.6 Å². The minimum Gasteiger partial charge on any atom is -0.462 e. The van der Waals surface area contributed by atoms with E-state index >= 15 is 0 Å². The molecule has 0 fully saturated rings. The summed E-state index contributed by atoms with van der Waals surface area (Å²) in [6.07, 6.45) is 13.6. The fraction of sp³-hybridized carbons (Fsp3) is 0.667.